The summed E-state index contributed by atoms with van der Waals surface area (Å²) in [6.45, 7) is 13.9. The van der Waals surface area contributed by atoms with E-state index in [0.29, 0.717) is 42.2 Å². The third-order valence-electron chi connectivity index (χ3n) is 7.74. The van der Waals surface area contributed by atoms with Crippen LogP contribution in [0, 0.1) is 27.7 Å². The normalized spacial score (nSPS) is 14.2. The quantitative estimate of drug-likeness (QED) is 0.274. The number of hydrogen-bond donors (Lipinski definition) is 1. The Hall–Kier alpha value is -2.60. The summed E-state index contributed by atoms with van der Waals surface area (Å²) in [4.78, 5) is 46.3. The van der Waals surface area contributed by atoms with Gasteiger partial charge in [-0.2, -0.15) is 10.2 Å². The number of rotatable bonds is 5. The molecule has 20 heteroatoms. The first-order valence-corrected chi connectivity index (χ1v) is 18.1. The highest BCUT2D eigenvalue weighted by molar-refractivity contribution is 9.10. The fraction of sp³-hybridized carbons (Fsp3) is 0.467. The summed E-state index contributed by atoms with van der Waals surface area (Å²) < 4.78 is 5.04. The number of halogens is 6. The average molecular weight is 900 g/mol. The molecule has 2 fully saturated rings. The zero-order chi connectivity index (χ0) is 35.7. The molecule has 0 saturated carbocycles. The van der Waals surface area contributed by atoms with E-state index in [1.807, 2.05) is 37.5 Å². The zero-order valence-electron chi connectivity index (χ0n) is 27.9. The molecule has 272 valence electrons. The summed E-state index contributed by atoms with van der Waals surface area (Å²) in [6.07, 6.45) is 6.64. The minimum Gasteiger partial charge on any atom is -0.339 e. The van der Waals surface area contributed by atoms with Crippen LogP contribution in [0.2, 0.25) is 15.3 Å². The molecule has 0 atom stereocenters. The largest absolute Gasteiger partial charge is 0.339 e. The topological polar surface area (TPSA) is 143 Å². The van der Waals surface area contributed by atoms with Crippen molar-refractivity contribution in [2.75, 3.05) is 57.3 Å². The van der Waals surface area contributed by atoms with Gasteiger partial charge in [0.05, 0.1) is 41.8 Å². The Bertz CT molecular complexity index is 1690. The van der Waals surface area contributed by atoms with Crippen LogP contribution in [0.25, 0.3) is 0 Å². The van der Waals surface area contributed by atoms with Gasteiger partial charge in [0.15, 0.2) is 0 Å². The number of piperazine rings is 2. The van der Waals surface area contributed by atoms with E-state index in [1.54, 1.807) is 34.2 Å². The fourth-order valence-corrected chi connectivity index (χ4v) is 5.73. The van der Waals surface area contributed by atoms with Gasteiger partial charge in [0.25, 0.3) is 0 Å². The predicted molar refractivity (Wildman–Crippen MR) is 203 cm³/mol. The maximum Gasteiger partial charge on any atom is 0.244 e. The van der Waals surface area contributed by atoms with Gasteiger partial charge < -0.3 is 20.0 Å². The summed E-state index contributed by atoms with van der Waals surface area (Å²) in [5.74, 6) is 0.845. The molecule has 0 spiro atoms. The van der Waals surface area contributed by atoms with Gasteiger partial charge in [0.2, 0.25) is 23.0 Å². The van der Waals surface area contributed by atoms with Crippen LogP contribution in [0.3, 0.4) is 0 Å². The Labute approximate surface area is 328 Å². The number of hydrogen-bond acceptors (Lipinski definition) is 10. The van der Waals surface area contributed by atoms with Crippen LogP contribution in [0.15, 0.2) is 33.7 Å². The van der Waals surface area contributed by atoms with Crippen molar-refractivity contribution in [3.8, 4) is 0 Å². The standard InChI is InChI=1S/C15H18BrClN6O.C11H17ClN4O.C4H2BrClN2.ClH/c1-10-14(17)11(2)23(20-10)9-13(24)21-3-5-22(6-4-21)15-18-7-12(16)8-19-15;1-8-11(12)9(2)16(14-8)7-10(17)15-5-3-13-4-6-15;5-3-1-7-4(6)8-2-3;/h7-8H,3-6,9H2,1-2H3;13H,3-7H2,1-2H3;1-2H;1H. The van der Waals surface area contributed by atoms with Crippen molar-refractivity contribution >= 4 is 96.8 Å². The van der Waals surface area contributed by atoms with Gasteiger partial charge in [-0.25, -0.2) is 19.9 Å². The van der Waals surface area contributed by atoms with Gasteiger partial charge in [0.1, 0.15) is 13.1 Å². The number of nitrogens with one attached hydrogen (secondary N) is 1. The molecular formula is C30H38Br2Cl4N12O2. The monoisotopic (exact) mass is 896 g/mol. The van der Waals surface area contributed by atoms with Crippen LogP contribution < -0.4 is 10.2 Å². The molecule has 2 amide bonds. The fourth-order valence-electron chi connectivity index (χ4n) is 4.95. The number of aromatic nitrogens is 8. The van der Waals surface area contributed by atoms with E-state index in [-0.39, 0.29) is 42.6 Å². The minimum absolute atomic E-state index is 0. The van der Waals surface area contributed by atoms with Crippen molar-refractivity contribution in [2.24, 2.45) is 0 Å². The number of carbonyl (C=O) groups is 2. The van der Waals surface area contributed by atoms with Gasteiger partial charge >= 0.3 is 0 Å². The first-order valence-electron chi connectivity index (χ1n) is 15.3. The van der Waals surface area contributed by atoms with Crippen LogP contribution in [0.1, 0.15) is 22.8 Å². The zero-order valence-corrected chi connectivity index (χ0v) is 34.2. The summed E-state index contributed by atoms with van der Waals surface area (Å²) in [6, 6.07) is 0. The Morgan fingerprint density at radius 2 is 1.08 bits per heavy atom. The Morgan fingerprint density at radius 3 is 1.46 bits per heavy atom. The van der Waals surface area contributed by atoms with Gasteiger partial charge in [-0.1, -0.05) is 23.2 Å². The van der Waals surface area contributed by atoms with Crippen molar-refractivity contribution in [1.82, 2.24) is 54.6 Å². The molecule has 4 aromatic rings. The highest BCUT2D eigenvalue weighted by atomic mass is 79.9. The molecular weight excluding hydrogens is 862 g/mol. The second-order valence-corrected chi connectivity index (χ2v) is 14.1. The van der Waals surface area contributed by atoms with Crippen molar-refractivity contribution in [3.05, 3.63) is 71.8 Å². The van der Waals surface area contributed by atoms with Crippen molar-refractivity contribution in [1.29, 1.82) is 0 Å². The second-order valence-electron chi connectivity index (χ2n) is 11.2. The molecule has 6 heterocycles. The summed E-state index contributed by atoms with van der Waals surface area (Å²) in [5.41, 5.74) is 3.20. The van der Waals surface area contributed by atoms with Crippen molar-refractivity contribution < 1.29 is 9.59 Å². The SMILES string of the molecule is Cc1nn(CC(=O)N2CCN(c3ncc(Br)cn3)CC2)c(C)c1Cl.Cc1nn(CC(=O)N2CCNCC2)c(C)c1Cl.Cl.Clc1ncc(Br)cn1. The van der Waals surface area contributed by atoms with Crippen LogP contribution in [-0.2, 0) is 22.7 Å². The van der Waals surface area contributed by atoms with E-state index >= 15 is 0 Å². The Balaban J connectivity index is 0.000000226. The Kier molecular flexibility index (Phi) is 16.6. The lowest BCUT2D eigenvalue weighted by Gasteiger charge is -2.34. The first kappa shape index (κ1) is 41.8. The van der Waals surface area contributed by atoms with Gasteiger partial charge in [-0.3, -0.25) is 19.0 Å². The third kappa shape index (κ3) is 11.7. The number of nitrogens with zero attached hydrogens (tertiary/aromatic N) is 11. The summed E-state index contributed by atoms with van der Waals surface area (Å²) >= 11 is 24.0. The molecule has 0 aliphatic carbocycles. The van der Waals surface area contributed by atoms with E-state index in [0.717, 1.165) is 57.9 Å². The molecule has 2 aliphatic heterocycles. The van der Waals surface area contributed by atoms with Crippen LogP contribution in [0.5, 0.6) is 0 Å². The van der Waals surface area contributed by atoms with Gasteiger partial charge in [-0.05, 0) is 71.2 Å². The van der Waals surface area contributed by atoms with Crippen molar-refractivity contribution in [3.63, 3.8) is 0 Å². The molecule has 14 nitrogen and oxygen atoms in total. The van der Waals surface area contributed by atoms with E-state index < -0.39 is 0 Å². The van der Waals surface area contributed by atoms with E-state index in [2.05, 4.69) is 72.2 Å². The molecule has 0 radical (unpaired) electrons. The van der Waals surface area contributed by atoms with E-state index in [1.165, 1.54) is 0 Å². The molecule has 2 saturated heterocycles. The Morgan fingerprint density at radius 1 is 0.680 bits per heavy atom. The lowest BCUT2D eigenvalue weighted by atomic mass is 10.3. The maximum atomic E-state index is 12.5. The molecule has 0 unspecified atom stereocenters. The smallest absolute Gasteiger partial charge is 0.244 e. The molecule has 4 aromatic heterocycles. The van der Waals surface area contributed by atoms with Gasteiger partial charge in [-0.15, -0.1) is 12.4 Å². The lowest BCUT2D eigenvalue weighted by molar-refractivity contribution is -0.133. The molecule has 0 bridgehead atoms. The van der Waals surface area contributed by atoms with Gasteiger partial charge in [0, 0.05) is 77.1 Å². The summed E-state index contributed by atoms with van der Waals surface area (Å²) in [7, 11) is 0. The van der Waals surface area contributed by atoms with Crippen LogP contribution >= 0.6 is 79.1 Å². The van der Waals surface area contributed by atoms with E-state index in [9.17, 15) is 9.59 Å². The molecule has 50 heavy (non-hydrogen) atoms. The lowest BCUT2D eigenvalue weighted by Crippen LogP contribution is -2.50. The number of amides is 2. The van der Waals surface area contributed by atoms with Crippen LogP contribution in [-0.4, -0.2) is 113 Å². The first-order chi connectivity index (χ1) is 23.3. The van der Waals surface area contributed by atoms with Crippen LogP contribution in [0.4, 0.5) is 5.95 Å². The molecule has 2 aliphatic rings. The van der Waals surface area contributed by atoms with Crippen molar-refractivity contribution in [2.45, 2.75) is 40.8 Å². The highest BCUT2D eigenvalue weighted by Crippen LogP contribution is 2.20. The average Bonchev–Trinajstić information content (AvgIpc) is 3.49. The maximum absolute atomic E-state index is 12.5. The summed E-state index contributed by atoms with van der Waals surface area (Å²) in [5, 5.41) is 13.4. The van der Waals surface area contributed by atoms with E-state index in [4.69, 9.17) is 34.8 Å². The molecule has 0 aromatic carbocycles. The highest BCUT2D eigenvalue weighted by Gasteiger charge is 2.24. The third-order valence-corrected chi connectivity index (χ3v) is 9.85. The predicted octanol–water partition coefficient (Wildman–Crippen LogP) is 4.95. The number of aryl methyl sites for hydroxylation is 2. The number of anilines is 1. The number of carbonyl (C=O) groups excluding carboxylic acids is 2. The minimum atomic E-state index is 0. The second kappa shape index (κ2) is 19.9. The molecule has 6 rings (SSSR count). The molecule has 1 N–H and O–H groups in total.